The molecule has 1 fully saturated rings. The van der Waals surface area contributed by atoms with Crippen LogP contribution in [0.2, 0.25) is 0 Å². The van der Waals surface area contributed by atoms with Crippen LogP contribution in [0.3, 0.4) is 0 Å². The minimum Gasteiger partial charge on any atom is -0.391 e. The van der Waals surface area contributed by atoms with Crippen molar-refractivity contribution in [2.75, 3.05) is 0 Å². The van der Waals surface area contributed by atoms with Crippen LogP contribution in [0.1, 0.15) is 33.6 Å². The Kier molecular flexibility index (Phi) is 3.89. The van der Waals surface area contributed by atoms with Crippen LogP contribution in [0.15, 0.2) is 29.6 Å². The molecule has 3 amide bonds. The summed E-state index contributed by atoms with van der Waals surface area (Å²) in [5.74, 6) is -0.873. The highest BCUT2D eigenvalue weighted by atomic mass is 32.1. The molecule has 128 valence electrons. The van der Waals surface area contributed by atoms with Crippen molar-refractivity contribution in [2.24, 2.45) is 0 Å². The molecule has 1 saturated heterocycles. The van der Waals surface area contributed by atoms with Crippen molar-refractivity contribution in [2.45, 2.75) is 32.0 Å². The number of aliphatic hydroxyl groups is 1. The van der Waals surface area contributed by atoms with Gasteiger partial charge in [-0.1, -0.05) is 12.1 Å². The van der Waals surface area contributed by atoms with E-state index in [1.165, 1.54) is 11.3 Å². The van der Waals surface area contributed by atoms with Crippen LogP contribution >= 0.6 is 11.3 Å². The number of aliphatic hydroxyl groups excluding tert-OH is 1. The molecular formula is C18H16N2O4S. The van der Waals surface area contributed by atoms with Gasteiger partial charge in [-0.25, -0.2) is 0 Å². The third kappa shape index (κ3) is 2.65. The van der Waals surface area contributed by atoms with Gasteiger partial charge in [-0.3, -0.25) is 19.7 Å². The van der Waals surface area contributed by atoms with Crippen LogP contribution in [0, 0.1) is 0 Å². The smallest absolute Gasteiger partial charge is 0.255 e. The minimum absolute atomic E-state index is 0.0129. The number of piperidine rings is 1. The molecule has 4 rings (SSSR count). The Morgan fingerprint density at radius 2 is 2.04 bits per heavy atom. The number of carbonyl (C=O) groups excluding carboxylic acids is 3. The van der Waals surface area contributed by atoms with Gasteiger partial charge in [0.2, 0.25) is 11.8 Å². The summed E-state index contributed by atoms with van der Waals surface area (Å²) < 4.78 is 0. The molecule has 0 bridgehead atoms. The first kappa shape index (κ1) is 16.0. The summed E-state index contributed by atoms with van der Waals surface area (Å²) in [6.45, 7) is 0.335. The lowest BCUT2D eigenvalue weighted by Crippen LogP contribution is -2.52. The second kappa shape index (κ2) is 6.09. The molecule has 1 aromatic carbocycles. The van der Waals surface area contributed by atoms with Crippen LogP contribution in [0.4, 0.5) is 0 Å². The summed E-state index contributed by atoms with van der Waals surface area (Å²) in [4.78, 5) is 38.7. The normalized spacial score (nSPS) is 20.0. The number of carbonyl (C=O) groups is 3. The van der Waals surface area contributed by atoms with E-state index in [9.17, 15) is 19.5 Å². The van der Waals surface area contributed by atoms with E-state index in [1.54, 1.807) is 11.0 Å². The Labute approximate surface area is 148 Å². The average molecular weight is 356 g/mol. The van der Waals surface area contributed by atoms with Crippen LogP contribution in [-0.2, 0) is 22.7 Å². The summed E-state index contributed by atoms with van der Waals surface area (Å²) in [6, 6.07) is 6.85. The van der Waals surface area contributed by atoms with Crippen molar-refractivity contribution in [3.8, 4) is 11.1 Å². The maximum absolute atomic E-state index is 12.8. The molecule has 6 nitrogen and oxygen atoms in total. The van der Waals surface area contributed by atoms with Gasteiger partial charge >= 0.3 is 0 Å². The molecular weight excluding hydrogens is 340 g/mol. The number of thiophene rings is 1. The van der Waals surface area contributed by atoms with E-state index in [1.807, 2.05) is 23.6 Å². The zero-order valence-corrected chi connectivity index (χ0v) is 14.1. The molecule has 1 unspecified atom stereocenters. The van der Waals surface area contributed by atoms with E-state index in [2.05, 4.69) is 5.32 Å². The predicted molar refractivity (Wildman–Crippen MR) is 91.7 cm³/mol. The highest BCUT2D eigenvalue weighted by molar-refractivity contribution is 7.10. The van der Waals surface area contributed by atoms with E-state index in [4.69, 9.17) is 0 Å². The first-order valence-electron chi connectivity index (χ1n) is 8.03. The van der Waals surface area contributed by atoms with Gasteiger partial charge < -0.3 is 10.0 Å². The maximum atomic E-state index is 12.8. The van der Waals surface area contributed by atoms with Gasteiger partial charge in [0.15, 0.2) is 0 Å². The Bertz CT molecular complexity index is 889. The van der Waals surface area contributed by atoms with Gasteiger partial charge in [-0.15, -0.1) is 11.3 Å². The molecule has 0 radical (unpaired) electrons. The van der Waals surface area contributed by atoms with Crippen molar-refractivity contribution >= 4 is 29.1 Å². The minimum atomic E-state index is -0.610. The number of hydrogen-bond donors (Lipinski definition) is 2. The SMILES string of the molecule is O=C1CCC(N2Cc3c(cccc3-c3csc(CO)c3)C2=O)C(=O)N1. The summed E-state index contributed by atoms with van der Waals surface area (Å²) in [7, 11) is 0. The molecule has 0 aliphatic carbocycles. The van der Waals surface area contributed by atoms with Crippen molar-refractivity contribution in [3.63, 3.8) is 0 Å². The highest BCUT2D eigenvalue weighted by Gasteiger charge is 2.39. The van der Waals surface area contributed by atoms with Gasteiger partial charge in [0.25, 0.3) is 5.91 Å². The van der Waals surface area contributed by atoms with E-state index < -0.39 is 11.9 Å². The Morgan fingerprint density at radius 1 is 1.24 bits per heavy atom. The summed E-state index contributed by atoms with van der Waals surface area (Å²) >= 11 is 1.47. The fourth-order valence-corrected chi connectivity index (χ4v) is 4.20. The Hall–Kier alpha value is -2.51. The summed E-state index contributed by atoms with van der Waals surface area (Å²) in [6.07, 6.45) is 0.598. The number of benzene rings is 1. The number of fused-ring (bicyclic) bond motifs is 1. The number of nitrogens with zero attached hydrogens (tertiary/aromatic N) is 1. The molecule has 0 spiro atoms. The van der Waals surface area contributed by atoms with Crippen molar-refractivity contribution in [1.29, 1.82) is 0 Å². The maximum Gasteiger partial charge on any atom is 0.255 e. The van der Waals surface area contributed by atoms with Crippen LogP contribution in [0.25, 0.3) is 11.1 Å². The molecule has 2 aliphatic heterocycles. The number of amides is 3. The van der Waals surface area contributed by atoms with E-state index >= 15 is 0 Å². The Balaban J connectivity index is 1.68. The predicted octanol–water partition coefficient (Wildman–Crippen LogP) is 1.67. The quantitative estimate of drug-likeness (QED) is 0.819. The lowest BCUT2D eigenvalue weighted by molar-refractivity contribution is -0.136. The van der Waals surface area contributed by atoms with Gasteiger partial charge in [-0.05, 0) is 40.6 Å². The molecule has 2 aromatic rings. The van der Waals surface area contributed by atoms with Crippen LogP contribution in [-0.4, -0.2) is 33.8 Å². The first-order valence-corrected chi connectivity index (χ1v) is 8.91. The first-order chi connectivity index (χ1) is 12.1. The number of imide groups is 1. The molecule has 0 saturated carbocycles. The highest BCUT2D eigenvalue weighted by Crippen LogP contribution is 2.36. The standard InChI is InChI=1S/C18H16N2O4S/c21-8-11-6-10(9-25-11)12-2-1-3-13-14(12)7-20(18(13)24)15-4-5-16(22)19-17(15)23/h1-3,6,9,15,21H,4-5,7-8H2,(H,19,22,23). The Morgan fingerprint density at radius 3 is 2.76 bits per heavy atom. The van der Waals surface area contributed by atoms with Crippen molar-refractivity contribution in [3.05, 3.63) is 45.6 Å². The van der Waals surface area contributed by atoms with E-state index in [0.717, 1.165) is 21.6 Å². The average Bonchev–Trinajstić information content (AvgIpc) is 3.20. The van der Waals surface area contributed by atoms with E-state index in [0.29, 0.717) is 18.5 Å². The largest absolute Gasteiger partial charge is 0.391 e. The lowest BCUT2D eigenvalue weighted by Gasteiger charge is -2.29. The third-order valence-electron chi connectivity index (χ3n) is 4.70. The second-order valence-electron chi connectivity index (χ2n) is 6.19. The van der Waals surface area contributed by atoms with Crippen LogP contribution in [0.5, 0.6) is 0 Å². The molecule has 2 aliphatic rings. The second-order valence-corrected chi connectivity index (χ2v) is 7.19. The fourth-order valence-electron chi connectivity index (χ4n) is 3.46. The zero-order valence-electron chi connectivity index (χ0n) is 13.3. The van der Waals surface area contributed by atoms with Gasteiger partial charge in [0.1, 0.15) is 6.04 Å². The molecule has 2 N–H and O–H groups in total. The monoisotopic (exact) mass is 356 g/mol. The zero-order chi connectivity index (χ0) is 17.6. The van der Waals surface area contributed by atoms with Crippen LogP contribution < -0.4 is 5.32 Å². The van der Waals surface area contributed by atoms with Crippen molar-refractivity contribution in [1.82, 2.24) is 10.2 Å². The summed E-state index contributed by atoms with van der Waals surface area (Å²) in [5.41, 5.74) is 3.39. The summed E-state index contributed by atoms with van der Waals surface area (Å²) in [5, 5.41) is 13.5. The third-order valence-corrected chi connectivity index (χ3v) is 5.62. The fraction of sp³-hybridized carbons (Fsp3) is 0.278. The number of hydrogen-bond acceptors (Lipinski definition) is 5. The molecule has 1 aromatic heterocycles. The number of rotatable bonds is 3. The lowest BCUT2D eigenvalue weighted by atomic mass is 9.99. The van der Waals surface area contributed by atoms with Crippen molar-refractivity contribution < 1.29 is 19.5 Å². The molecule has 1 atom stereocenters. The van der Waals surface area contributed by atoms with Gasteiger partial charge in [0.05, 0.1) is 6.61 Å². The van der Waals surface area contributed by atoms with Gasteiger partial charge in [0, 0.05) is 23.4 Å². The molecule has 3 heterocycles. The van der Waals surface area contributed by atoms with Gasteiger partial charge in [-0.2, -0.15) is 0 Å². The van der Waals surface area contributed by atoms with E-state index in [-0.39, 0.29) is 24.8 Å². The molecule has 7 heteroatoms. The molecule has 25 heavy (non-hydrogen) atoms. The topological polar surface area (TPSA) is 86.7 Å². The number of nitrogens with one attached hydrogen (secondary N) is 1.